The number of hydrogen-bond acceptors (Lipinski definition) is 5. The molecule has 1 N–H and O–H groups in total. The minimum Gasteiger partial charge on any atom is -0.361 e. The van der Waals surface area contributed by atoms with Crippen molar-refractivity contribution in [3.05, 3.63) is 18.1 Å². The zero-order chi connectivity index (χ0) is 8.39. The highest BCUT2D eigenvalue weighted by Crippen LogP contribution is 2.14. The van der Waals surface area contributed by atoms with Crippen molar-refractivity contribution >= 4 is 17.9 Å². The molecule has 0 spiro atoms. The first-order valence-electron chi connectivity index (χ1n) is 3.48. The molecule has 1 aliphatic rings. The predicted octanol–water partition coefficient (Wildman–Crippen LogP) is -0.191. The predicted molar refractivity (Wildman–Crippen MR) is 42.0 cm³/mol. The van der Waals surface area contributed by atoms with Crippen LogP contribution in [0.4, 0.5) is 5.82 Å². The maximum atomic E-state index is 10.3. The van der Waals surface area contributed by atoms with Crippen LogP contribution in [-0.2, 0) is 11.3 Å². The van der Waals surface area contributed by atoms with Crippen LogP contribution in [0.15, 0.2) is 17.4 Å². The van der Waals surface area contributed by atoms with Crippen LogP contribution < -0.4 is 5.32 Å². The average molecular weight is 162 g/mol. The lowest BCUT2D eigenvalue weighted by Gasteiger charge is -2.11. The largest absolute Gasteiger partial charge is 0.361 e. The lowest BCUT2D eigenvalue weighted by molar-refractivity contribution is -0.102. The van der Waals surface area contributed by atoms with Gasteiger partial charge in [-0.3, -0.25) is 9.78 Å². The Morgan fingerprint density at radius 3 is 3.08 bits per heavy atom. The number of aldehydes is 1. The molecule has 1 aromatic heterocycles. The van der Waals surface area contributed by atoms with Crippen LogP contribution in [-0.4, -0.2) is 22.1 Å². The van der Waals surface area contributed by atoms with Crippen LogP contribution >= 0.6 is 0 Å². The Morgan fingerprint density at radius 2 is 2.25 bits per heavy atom. The van der Waals surface area contributed by atoms with Crippen molar-refractivity contribution in [3.8, 4) is 0 Å². The van der Waals surface area contributed by atoms with Gasteiger partial charge in [0.1, 0.15) is 5.69 Å². The maximum absolute atomic E-state index is 10.3. The summed E-state index contributed by atoms with van der Waals surface area (Å²) in [6.45, 7) is 0.515. The summed E-state index contributed by atoms with van der Waals surface area (Å²) >= 11 is 0. The molecule has 0 unspecified atom stereocenters. The molecule has 2 heterocycles. The number of amidine groups is 1. The molecule has 0 saturated carbocycles. The smallest absolute Gasteiger partial charge is 0.185 e. The SMILES string of the molecule is O=CC1=Nc2nccnc2CN1. The molecule has 0 radical (unpaired) electrons. The van der Waals surface area contributed by atoms with Gasteiger partial charge in [-0.25, -0.2) is 9.98 Å². The van der Waals surface area contributed by atoms with E-state index < -0.39 is 0 Å². The monoisotopic (exact) mass is 162 g/mol. The molecule has 0 saturated heterocycles. The molecule has 0 amide bonds. The lowest BCUT2D eigenvalue weighted by atomic mass is 10.3. The topological polar surface area (TPSA) is 67.2 Å². The van der Waals surface area contributed by atoms with E-state index in [2.05, 4.69) is 20.3 Å². The van der Waals surface area contributed by atoms with Crippen LogP contribution in [0.5, 0.6) is 0 Å². The van der Waals surface area contributed by atoms with E-state index in [0.717, 1.165) is 5.69 Å². The average Bonchev–Trinajstić information content (AvgIpc) is 2.17. The normalized spacial score (nSPS) is 14.2. The highest BCUT2D eigenvalue weighted by molar-refractivity contribution is 6.27. The molecule has 2 rings (SSSR count). The van der Waals surface area contributed by atoms with Gasteiger partial charge in [0.05, 0.1) is 6.54 Å². The van der Waals surface area contributed by atoms with Crippen molar-refractivity contribution in [1.29, 1.82) is 0 Å². The second-order valence-corrected chi connectivity index (χ2v) is 2.30. The molecule has 0 fully saturated rings. The highest BCUT2D eigenvalue weighted by atomic mass is 16.1. The van der Waals surface area contributed by atoms with Gasteiger partial charge in [0.2, 0.25) is 0 Å². The first-order chi connectivity index (χ1) is 5.90. The minimum absolute atomic E-state index is 0.308. The van der Waals surface area contributed by atoms with Crippen LogP contribution in [0, 0.1) is 0 Å². The summed E-state index contributed by atoms with van der Waals surface area (Å²) in [6, 6.07) is 0. The quantitative estimate of drug-likeness (QED) is 0.581. The lowest BCUT2D eigenvalue weighted by Crippen LogP contribution is -2.27. The fourth-order valence-electron chi connectivity index (χ4n) is 0.974. The summed E-state index contributed by atoms with van der Waals surface area (Å²) in [5.41, 5.74) is 0.767. The molecular weight excluding hydrogens is 156 g/mol. The second-order valence-electron chi connectivity index (χ2n) is 2.30. The number of rotatable bonds is 1. The van der Waals surface area contributed by atoms with E-state index in [4.69, 9.17) is 0 Å². The van der Waals surface area contributed by atoms with Crippen molar-refractivity contribution in [3.63, 3.8) is 0 Å². The molecule has 0 aliphatic carbocycles. The molecule has 5 heteroatoms. The number of aliphatic imine (C=N–C) groups is 1. The van der Waals surface area contributed by atoms with Crippen molar-refractivity contribution in [1.82, 2.24) is 15.3 Å². The third kappa shape index (κ3) is 1.05. The summed E-state index contributed by atoms with van der Waals surface area (Å²) in [4.78, 5) is 22.3. The van der Waals surface area contributed by atoms with Crippen LogP contribution in [0.3, 0.4) is 0 Å². The molecule has 0 atom stereocenters. The Kier molecular flexibility index (Phi) is 1.55. The van der Waals surface area contributed by atoms with Gasteiger partial charge in [0.25, 0.3) is 0 Å². The Morgan fingerprint density at radius 1 is 1.42 bits per heavy atom. The van der Waals surface area contributed by atoms with Crippen LogP contribution in [0.2, 0.25) is 0 Å². The van der Waals surface area contributed by atoms with E-state index in [9.17, 15) is 4.79 Å². The Labute approximate surface area is 68.6 Å². The zero-order valence-electron chi connectivity index (χ0n) is 6.19. The standard InChI is InChI=1S/C7H6N4O/c12-4-6-10-3-5-7(11-6)9-2-1-8-5/h1-2,4H,3H2,(H,9,10,11). The molecular formula is C7H6N4O. The number of carbonyl (C=O) groups is 1. The highest BCUT2D eigenvalue weighted by Gasteiger charge is 2.11. The molecule has 1 aromatic rings. The summed E-state index contributed by atoms with van der Waals surface area (Å²) in [5, 5.41) is 2.80. The van der Waals surface area contributed by atoms with E-state index in [1.165, 1.54) is 0 Å². The van der Waals surface area contributed by atoms with Gasteiger partial charge >= 0.3 is 0 Å². The Bertz CT molecular complexity index is 347. The van der Waals surface area contributed by atoms with Crippen LogP contribution in [0.1, 0.15) is 5.69 Å². The van der Waals surface area contributed by atoms with E-state index in [1.807, 2.05) is 0 Å². The van der Waals surface area contributed by atoms with E-state index in [0.29, 0.717) is 24.5 Å². The minimum atomic E-state index is 0.308. The molecule has 60 valence electrons. The molecule has 0 bridgehead atoms. The van der Waals surface area contributed by atoms with Crippen molar-refractivity contribution in [2.75, 3.05) is 0 Å². The van der Waals surface area contributed by atoms with Gasteiger partial charge in [-0.2, -0.15) is 0 Å². The van der Waals surface area contributed by atoms with Gasteiger partial charge < -0.3 is 5.32 Å². The fourth-order valence-corrected chi connectivity index (χ4v) is 0.974. The number of nitrogens with one attached hydrogen (secondary N) is 1. The summed E-state index contributed by atoms with van der Waals surface area (Å²) in [5.74, 6) is 0.835. The van der Waals surface area contributed by atoms with E-state index >= 15 is 0 Å². The van der Waals surface area contributed by atoms with Crippen molar-refractivity contribution in [2.24, 2.45) is 4.99 Å². The van der Waals surface area contributed by atoms with Crippen molar-refractivity contribution in [2.45, 2.75) is 6.54 Å². The van der Waals surface area contributed by atoms with Gasteiger partial charge in [-0.1, -0.05) is 0 Å². The number of carbonyl (C=O) groups excluding carboxylic acids is 1. The Balaban J connectivity index is 2.47. The first kappa shape index (κ1) is 6.90. The third-order valence-electron chi connectivity index (χ3n) is 1.53. The Hall–Kier alpha value is -1.78. The van der Waals surface area contributed by atoms with Gasteiger partial charge in [0.15, 0.2) is 17.9 Å². The number of nitrogens with zero attached hydrogens (tertiary/aromatic N) is 3. The molecule has 0 aromatic carbocycles. The second kappa shape index (κ2) is 2.69. The molecule has 12 heavy (non-hydrogen) atoms. The van der Waals surface area contributed by atoms with E-state index in [-0.39, 0.29) is 0 Å². The van der Waals surface area contributed by atoms with E-state index in [1.54, 1.807) is 12.4 Å². The summed E-state index contributed by atoms with van der Waals surface area (Å²) < 4.78 is 0. The zero-order valence-corrected chi connectivity index (χ0v) is 6.19. The summed E-state index contributed by atoms with van der Waals surface area (Å²) in [6.07, 6.45) is 3.82. The van der Waals surface area contributed by atoms with Gasteiger partial charge in [0, 0.05) is 12.4 Å². The van der Waals surface area contributed by atoms with Crippen LogP contribution in [0.25, 0.3) is 0 Å². The number of fused-ring (bicyclic) bond motifs is 1. The molecule has 5 nitrogen and oxygen atoms in total. The van der Waals surface area contributed by atoms with Gasteiger partial charge in [-0.15, -0.1) is 0 Å². The first-order valence-corrected chi connectivity index (χ1v) is 3.48. The number of aromatic nitrogens is 2. The number of hydrogen-bond donors (Lipinski definition) is 1. The van der Waals surface area contributed by atoms with Crippen molar-refractivity contribution < 1.29 is 4.79 Å². The van der Waals surface area contributed by atoms with Gasteiger partial charge in [-0.05, 0) is 0 Å². The summed E-state index contributed by atoms with van der Waals surface area (Å²) in [7, 11) is 0. The molecule has 1 aliphatic heterocycles. The third-order valence-corrected chi connectivity index (χ3v) is 1.53. The maximum Gasteiger partial charge on any atom is 0.185 e. The fraction of sp³-hybridized carbons (Fsp3) is 0.143.